The summed E-state index contributed by atoms with van der Waals surface area (Å²) in [6.07, 6.45) is 3.78. The van der Waals surface area contributed by atoms with Crippen LogP contribution in [0.4, 0.5) is 0 Å². The summed E-state index contributed by atoms with van der Waals surface area (Å²) >= 11 is 0. The van der Waals surface area contributed by atoms with Gasteiger partial charge in [0.05, 0.1) is 6.20 Å². The molecule has 0 bridgehead atoms. The normalized spacial score (nSPS) is 21.6. The molecule has 6 heteroatoms. The molecule has 6 nitrogen and oxygen atoms in total. The number of rotatable bonds is 4. The minimum Gasteiger partial charge on any atom is -0.480 e. The highest BCUT2D eigenvalue weighted by atomic mass is 16.4. The quantitative estimate of drug-likeness (QED) is 0.757. The molecular weight excluding hydrogens is 220 g/mol. The van der Waals surface area contributed by atoms with Crippen LogP contribution in [-0.2, 0) is 17.9 Å². The van der Waals surface area contributed by atoms with Crippen LogP contribution in [0.15, 0.2) is 12.4 Å². The zero-order valence-electron chi connectivity index (χ0n) is 9.96. The number of carboxylic acid groups (broad SMARTS) is 1. The Bertz CT molecular complexity index is 391. The van der Waals surface area contributed by atoms with Gasteiger partial charge in [-0.1, -0.05) is 0 Å². The van der Waals surface area contributed by atoms with Gasteiger partial charge in [-0.25, -0.2) is 0 Å². The molecule has 1 atom stereocenters. The lowest BCUT2D eigenvalue weighted by Gasteiger charge is -2.32. The molecule has 1 unspecified atom stereocenters. The van der Waals surface area contributed by atoms with E-state index in [0.717, 1.165) is 25.2 Å². The smallest absolute Gasteiger partial charge is 0.322 e. The fraction of sp³-hybridized carbons (Fsp3) is 0.636. The van der Waals surface area contributed by atoms with Crippen molar-refractivity contribution in [2.75, 3.05) is 19.6 Å². The van der Waals surface area contributed by atoms with Crippen molar-refractivity contribution >= 4 is 5.97 Å². The molecule has 17 heavy (non-hydrogen) atoms. The Morgan fingerprint density at radius 1 is 1.71 bits per heavy atom. The van der Waals surface area contributed by atoms with Crippen molar-refractivity contribution in [3.63, 3.8) is 0 Å². The van der Waals surface area contributed by atoms with Crippen LogP contribution in [0, 0.1) is 0 Å². The maximum absolute atomic E-state index is 11.1. The summed E-state index contributed by atoms with van der Waals surface area (Å²) in [6.45, 7) is 5.63. The monoisotopic (exact) mass is 238 g/mol. The van der Waals surface area contributed by atoms with Crippen LogP contribution >= 0.6 is 0 Å². The second-order valence-corrected chi connectivity index (χ2v) is 4.23. The predicted molar refractivity (Wildman–Crippen MR) is 62.6 cm³/mol. The number of aliphatic carboxylic acids is 1. The van der Waals surface area contributed by atoms with E-state index in [-0.39, 0.29) is 0 Å². The van der Waals surface area contributed by atoms with Gasteiger partial charge in [0.2, 0.25) is 0 Å². The topological polar surface area (TPSA) is 70.4 Å². The molecule has 2 rings (SSSR count). The van der Waals surface area contributed by atoms with Crippen molar-refractivity contribution < 1.29 is 9.90 Å². The number of hydrogen-bond donors (Lipinski definition) is 2. The molecule has 1 fully saturated rings. The van der Waals surface area contributed by atoms with E-state index in [1.807, 2.05) is 28.9 Å². The fourth-order valence-corrected chi connectivity index (χ4v) is 2.07. The molecule has 0 spiro atoms. The molecule has 0 saturated carbocycles. The Hall–Kier alpha value is -1.40. The first-order valence-corrected chi connectivity index (χ1v) is 5.89. The number of piperazine rings is 1. The Kier molecular flexibility index (Phi) is 3.75. The van der Waals surface area contributed by atoms with E-state index in [9.17, 15) is 4.79 Å². The summed E-state index contributed by atoms with van der Waals surface area (Å²) in [5.41, 5.74) is 1.07. The zero-order chi connectivity index (χ0) is 12.3. The van der Waals surface area contributed by atoms with Crippen molar-refractivity contribution in [2.45, 2.75) is 26.1 Å². The van der Waals surface area contributed by atoms with Gasteiger partial charge in [0.1, 0.15) is 6.04 Å². The summed E-state index contributed by atoms with van der Waals surface area (Å²) in [4.78, 5) is 13.1. The second-order valence-electron chi connectivity index (χ2n) is 4.23. The van der Waals surface area contributed by atoms with Crippen molar-refractivity contribution in [3.8, 4) is 0 Å². The maximum atomic E-state index is 11.1. The summed E-state index contributed by atoms with van der Waals surface area (Å²) in [5.74, 6) is -0.764. The van der Waals surface area contributed by atoms with E-state index >= 15 is 0 Å². The Morgan fingerprint density at radius 2 is 2.53 bits per heavy atom. The van der Waals surface area contributed by atoms with Gasteiger partial charge in [0.15, 0.2) is 0 Å². The van der Waals surface area contributed by atoms with Crippen LogP contribution in [0.25, 0.3) is 0 Å². The van der Waals surface area contributed by atoms with Gasteiger partial charge in [-0.2, -0.15) is 5.10 Å². The highest BCUT2D eigenvalue weighted by Gasteiger charge is 2.28. The van der Waals surface area contributed by atoms with Gasteiger partial charge >= 0.3 is 5.97 Å². The summed E-state index contributed by atoms with van der Waals surface area (Å²) in [5, 5.41) is 16.4. The molecule has 2 heterocycles. The Balaban J connectivity index is 2.02. The number of aromatic nitrogens is 2. The predicted octanol–water partition coefficient (Wildman–Crippen LogP) is -0.239. The average molecular weight is 238 g/mol. The van der Waals surface area contributed by atoms with Crippen LogP contribution in [0.3, 0.4) is 0 Å². The first kappa shape index (κ1) is 12.1. The van der Waals surface area contributed by atoms with Crippen LogP contribution < -0.4 is 5.32 Å². The summed E-state index contributed by atoms with van der Waals surface area (Å²) in [7, 11) is 0. The second kappa shape index (κ2) is 5.29. The SMILES string of the molecule is CCn1cc(CN2CCNCC2C(=O)O)cn1. The third kappa shape index (κ3) is 2.83. The molecular formula is C11H18N4O2. The number of carboxylic acids is 1. The molecule has 1 aliphatic heterocycles. The van der Waals surface area contributed by atoms with E-state index < -0.39 is 12.0 Å². The first-order chi connectivity index (χ1) is 8.20. The summed E-state index contributed by atoms with van der Waals surface area (Å²) in [6, 6.07) is -0.436. The molecule has 1 aliphatic rings. The highest BCUT2D eigenvalue weighted by Crippen LogP contribution is 2.10. The lowest BCUT2D eigenvalue weighted by atomic mass is 10.1. The largest absolute Gasteiger partial charge is 0.480 e. The van der Waals surface area contributed by atoms with E-state index in [4.69, 9.17) is 5.11 Å². The lowest BCUT2D eigenvalue weighted by Crippen LogP contribution is -2.54. The molecule has 1 aromatic heterocycles. The molecule has 94 valence electrons. The van der Waals surface area contributed by atoms with Crippen LogP contribution in [0.2, 0.25) is 0 Å². The molecule has 0 amide bonds. The number of nitrogens with zero attached hydrogens (tertiary/aromatic N) is 3. The Morgan fingerprint density at radius 3 is 3.18 bits per heavy atom. The molecule has 0 radical (unpaired) electrons. The molecule has 1 saturated heterocycles. The van der Waals surface area contributed by atoms with Crippen LogP contribution in [0.5, 0.6) is 0 Å². The third-order valence-corrected chi connectivity index (χ3v) is 3.04. The van der Waals surface area contributed by atoms with Crippen molar-refractivity contribution in [3.05, 3.63) is 18.0 Å². The minimum absolute atomic E-state index is 0.436. The van der Waals surface area contributed by atoms with Gasteiger partial charge < -0.3 is 10.4 Å². The van der Waals surface area contributed by atoms with Gasteiger partial charge in [-0.05, 0) is 6.92 Å². The minimum atomic E-state index is -0.764. The van der Waals surface area contributed by atoms with Crippen molar-refractivity contribution in [1.82, 2.24) is 20.0 Å². The number of nitrogens with one attached hydrogen (secondary N) is 1. The first-order valence-electron chi connectivity index (χ1n) is 5.89. The van der Waals surface area contributed by atoms with Gasteiger partial charge in [-0.15, -0.1) is 0 Å². The zero-order valence-corrected chi connectivity index (χ0v) is 9.96. The molecule has 0 aromatic carbocycles. The molecule has 2 N–H and O–H groups in total. The molecule has 0 aliphatic carbocycles. The number of hydrogen-bond acceptors (Lipinski definition) is 4. The van der Waals surface area contributed by atoms with Crippen LogP contribution in [0.1, 0.15) is 12.5 Å². The van der Waals surface area contributed by atoms with Crippen molar-refractivity contribution in [2.24, 2.45) is 0 Å². The number of aryl methyl sites for hydroxylation is 1. The highest BCUT2D eigenvalue weighted by molar-refractivity contribution is 5.73. The van der Waals surface area contributed by atoms with Gasteiger partial charge in [-0.3, -0.25) is 14.4 Å². The van der Waals surface area contributed by atoms with E-state index in [1.165, 1.54) is 0 Å². The lowest BCUT2D eigenvalue weighted by molar-refractivity contribution is -0.144. The van der Waals surface area contributed by atoms with E-state index in [2.05, 4.69) is 10.4 Å². The third-order valence-electron chi connectivity index (χ3n) is 3.04. The Labute approximate surface area is 100 Å². The average Bonchev–Trinajstić information content (AvgIpc) is 2.77. The maximum Gasteiger partial charge on any atom is 0.322 e. The van der Waals surface area contributed by atoms with E-state index in [0.29, 0.717) is 13.1 Å². The van der Waals surface area contributed by atoms with Crippen LogP contribution in [-0.4, -0.2) is 51.4 Å². The fourth-order valence-electron chi connectivity index (χ4n) is 2.07. The van der Waals surface area contributed by atoms with E-state index in [1.54, 1.807) is 0 Å². The number of carbonyl (C=O) groups is 1. The van der Waals surface area contributed by atoms with Crippen molar-refractivity contribution in [1.29, 1.82) is 0 Å². The van der Waals surface area contributed by atoms with Gasteiger partial charge in [0.25, 0.3) is 0 Å². The standard InChI is InChI=1S/C11H18N4O2/c1-2-15-8-9(5-13-15)7-14-4-3-12-6-10(14)11(16)17/h5,8,10,12H,2-4,6-7H2,1H3,(H,16,17). The van der Waals surface area contributed by atoms with Gasteiger partial charge in [0, 0.05) is 44.5 Å². The molecule has 1 aromatic rings. The summed E-state index contributed by atoms with van der Waals surface area (Å²) < 4.78 is 1.85.